The van der Waals surface area contributed by atoms with Crippen molar-refractivity contribution >= 4 is 16.6 Å². The Morgan fingerprint density at radius 1 is 1.43 bits per heavy atom. The molecule has 0 aliphatic carbocycles. The van der Waals surface area contributed by atoms with Crippen molar-refractivity contribution in [3.8, 4) is 11.5 Å². The highest BCUT2D eigenvalue weighted by Crippen LogP contribution is 2.32. The number of aryl methyl sites for hydroxylation is 1. The Balaban J connectivity index is 2.67. The maximum Gasteiger partial charge on any atom is 0.297 e. The van der Waals surface area contributed by atoms with Crippen molar-refractivity contribution in [1.29, 1.82) is 0 Å². The van der Waals surface area contributed by atoms with Gasteiger partial charge in [0.1, 0.15) is 6.61 Å². The number of benzene rings is 1. The van der Waals surface area contributed by atoms with Crippen molar-refractivity contribution < 1.29 is 9.84 Å². The molecule has 0 atom stereocenters. The fourth-order valence-corrected chi connectivity index (χ4v) is 2.18. The fourth-order valence-electron chi connectivity index (χ4n) is 2.18. The monoisotopic (exact) mass is 288 g/mol. The number of fused-ring (bicyclic) bond motifs is 1. The fraction of sp³-hybridized carbons (Fsp3) is 0.312. The lowest BCUT2D eigenvalue weighted by Crippen LogP contribution is -2.20. The van der Waals surface area contributed by atoms with Gasteiger partial charge in [0, 0.05) is 17.6 Å². The van der Waals surface area contributed by atoms with Gasteiger partial charge in [-0.3, -0.25) is 4.79 Å². The van der Waals surface area contributed by atoms with Crippen LogP contribution in [0.4, 0.5) is 5.69 Å². The first-order valence-corrected chi connectivity index (χ1v) is 6.86. The molecule has 2 aromatic rings. The summed E-state index contributed by atoms with van der Waals surface area (Å²) in [7, 11) is 0. The van der Waals surface area contributed by atoms with Crippen molar-refractivity contribution in [2.45, 2.75) is 27.3 Å². The molecule has 1 heterocycles. The predicted octanol–water partition coefficient (Wildman–Crippen LogP) is 2.65. The zero-order valence-corrected chi connectivity index (χ0v) is 12.5. The first kappa shape index (κ1) is 15.0. The molecule has 1 aromatic heterocycles. The zero-order chi connectivity index (χ0) is 15.6. The molecule has 0 saturated carbocycles. The van der Waals surface area contributed by atoms with Crippen LogP contribution in [0.15, 0.2) is 34.6 Å². The van der Waals surface area contributed by atoms with Gasteiger partial charge in [0.25, 0.3) is 5.56 Å². The smallest absolute Gasteiger partial charge is 0.297 e. The SMILES string of the molecule is CCn1c(=O)c(O)c(OCC=C(C)C)c2ccc(N)cc21. The van der Waals surface area contributed by atoms with Gasteiger partial charge in [0.15, 0.2) is 5.75 Å². The number of hydrogen-bond donors (Lipinski definition) is 2. The summed E-state index contributed by atoms with van der Waals surface area (Å²) in [6.07, 6.45) is 1.88. The Bertz CT molecular complexity index is 756. The number of aromatic nitrogens is 1. The van der Waals surface area contributed by atoms with Gasteiger partial charge in [-0.15, -0.1) is 0 Å². The van der Waals surface area contributed by atoms with E-state index in [-0.39, 0.29) is 11.5 Å². The van der Waals surface area contributed by atoms with E-state index in [1.54, 1.807) is 18.2 Å². The highest BCUT2D eigenvalue weighted by atomic mass is 16.5. The number of allylic oxidation sites excluding steroid dienone is 1. The van der Waals surface area contributed by atoms with Crippen LogP contribution in [-0.4, -0.2) is 16.3 Å². The van der Waals surface area contributed by atoms with Crippen LogP contribution >= 0.6 is 0 Å². The average Bonchev–Trinajstić information content (AvgIpc) is 2.43. The molecule has 5 nitrogen and oxygen atoms in total. The number of ether oxygens (including phenoxy) is 1. The van der Waals surface area contributed by atoms with Crippen LogP contribution in [0, 0.1) is 0 Å². The second-order valence-corrected chi connectivity index (χ2v) is 5.10. The maximum atomic E-state index is 12.2. The minimum absolute atomic E-state index is 0.206. The Hall–Kier alpha value is -2.43. The zero-order valence-electron chi connectivity index (χ0n) is 12.5. The molecule has 3 N–H and O–H groups in total. The number of anilines is 1. The summed E-state index contributed by atoms with van der Waals surface area (Å²) < 4.78 is 7.08. The van der Waals surface area contributed by atoms with E-state index in [1.807, 2.05) is 26.8 Å². The Labute approximate surface area is 123 Å². The van der Waals surface area contributed by atoms with Crippen LogP contribution in [0.1, 0.15) is 20.8 Å². The molecule has 0 saturated heterocycles. The van der Waals surface area contributed by atoms with Crippen LogP contribution < -0.4 is 16.0 Å². The largest absolute Gasteiger partial charge is 0.500 e. The average molecular weight is 288 g/mol. The molecule has 0 spiro atoms. The van der Waals surface area contributed by atoms with Crippen LogP contribution in [0.25, 0.3) is 10.9 Å². The predicted molar refractivity (Wildman–Crippen MR) is 84.9 cm³/mol. The first-order valence-electron chi connectivity index (χ1n) is 6.86. The van der Waals surface area contributed by atoms with E-state index in [4.69, 9.17) is 10.5 Å². The van der Waals surface area contributed by atoms with E-state index >= 15 is 0 Å². The van der Waals surface area contributed by atoms with Gasteiger partial charge in [0.05, 0.1) is 5.52 Å². The van der Waals surface area contributed by atoms with E-state index in [2.05, 4.69) is 0 Å². The summed E-state index contributed by atoms with van der Waals surface area (Å²) in [6, 6.07) is 5.20. The molecule has 2 rings (SSSR count). The van der Waals surface area contributed by atoms with Gasteiger partial charge in [-0.2, -0.15) is 0 Å². The standard InChI is InChI=1S/C16H20N2O3/c1-4-18-13-9-11(17)5-6-12(13)15(14(19)16(18)20)21-8-7-10(2)3/h5-7,9,19H,4,8,17H2,1-3H3. The van der Waals surface area contributed by atoms with Crippen molar-refractivity contribution in [2.75, 3.05) is 12.3 Å². The molecule has 0 amide bonds. The third-order valence-electron chi connectivity index (χ3n) is 3.26. The molecule has 0 aliphatic heterocycles. The summed E-state index contributed by atoms with van der Waals surface area (Å²) in [5, 5.41) is 10.8. The van der Waals surface area contributed by atoms with Gasteiger partial charge in [-0.1, -0.05) is 5.57 Å². The van der Waals surface area contributed by atoms with E-state index in [0.717, 1.165) is 5.57 Å². The Kier molecular flexibility index (Phi) is 4.21. The minimum Gasteiger partial charge on any atom is -0.500 e. The van der Waals surface area contributed by atoms with Gasteiger partial charge < -0.3 is 20.1 Å². The lowest BCUT2D eigenvalue weighted by molar-refractivity contribution is 0.335. The molecule has 1 aromatic carbocycles. The lowest BCUT2D eigenvalue weighted by atomic mass is 10.1. The molecular weight excluding hydrogens is 268 g/mol. The van der Waals surface area contributed by atoms with Gasteiger partial charge in [0.2, 0.25) is 5.75 Å². The molecular formula is C16H20N2O3. The van der Waals surface area contributed by atoms with Gasteiger partial charge in [-0.25, -0.2) is 0 Å². The second-order valence-electron chi connectivity index (χ2n) is 5.10. The van der Waals surface area contributed by atoms with E-state index < -0.39 is 5.56 Å². The molecule has 112 valence electrons. The summed E-state index contributed by atoms with van der Waals surface area (Å²) in [5.74, 6) is -0.159. The van der Waals surface area contributed by atoms with E-state index in [1.165, 1.54) is 4.57 Å². The summed E-state index contributed by atoms with van der Waals surface area (Å²) in [6.45, 7) is 6.49. The number of hydrogen-bond acceptors (Lipinski definition) is 4. The third-order valence-corrected chi connectivity index (χ3v) is 3.26. The number of pyridine rings is 1. The second kappa shape index (κ2) is 5.91. The molecule has 0 radical (unpaired) electrons. The van der Waals surface area contributed by atoms with Crippen LogP contribution in [0.5, 0.6) is 11.5 Å². The van der Waals surface area contributed by atoms with Crippen molar-refractivity contribution in [1.82, 2.24) is 4.57 Å². The van der Waals surface area contributed by atoms with Crippen molar-refractivity contribution in [3.05, 3.63) is 40.2 Å². The Morgan fingerprint density at radius 2 is 2.14 bits per heavy atom. The number of nitrogen functional groups attached to an aromatic ring is 1. The van der Waals surface area contributed by atoms with Gasteiger partial charge in [-0.05, 0) is 45.0 Å². The van der Waals surface area contributed by atoms with E-state index in [0.29, 0.717) is 29.7 Å². The molecule has 0 fully saturated rings. The molecule has 21 heavy (non-hydrogen) atoms. The third kappa shape index (κ3) is 2.86. The highest BCUT2D eigenvalue weighted by molar-refractivity contribution is 5.89. The molecule has 0 unspecified atom stereocenters. The number of aromatic hydroxyl groups is 1. The molecule has 0 aliphatic rings. The summed E-state index contributed by atoms with van der Waals surface area (Å²) in [4.78, 5) is 12.2. The number of nitrogens with two attached hydrogens (primary N) is 1. The summed E-state index contributed by atoms with van der Waals surface area (Å²) >= 11 is 0. The van der Waals surface area contributed by atoms with Crippen molar-refractivity contribution in [2.24, 2.45) is 0 Å². The Morgan fingerprint density at radius 3 is 2.76 bits per heavy atom. The lowest BCUT2D eigenvalue weighted by Gasteiger charge is -2.14. The maximum absolute atomic E-state index is 12.2. The van der Waals surface area contributed by atoms with Crippen molar-refractivity contribution in [3.63, 3.8) is 0 Å². The first-order chi connectivity index (χ1) is 9.95. The quantitative estimate of drug-likeness (QED) is 0.669. The number of rotatable bonds is 4. The van der Waals surface area contributed by atoms with Crippen LogP contribution in [0.2, 0.25) is 0 Å². The van der Waals surface area contributed by atoms with Crippen LogP contribution in [-0.2, 0) is 6.54 Å². The van der Waals surface area contributed by atoms with E-state index in [9.17, 15) is 9.90 Å². The normalized spacial score (nSPS) is 10.6. The summed E-state index contributed by atoms with van der Waals surface area (Å²) in [5.41, 5.74) is 7.65. The molecule has 0 bridgehead atoms. The molecule has 5 heteroatoms. The number of nitrogens with zero attached hydrogens (tertiary/aromatic N) is 1. The minimum atomic E-state index is -0.470. The van der Waals surface area contributed by atoms with Crippen LogP contribution in [0.3, 0.4) is 0 Å². The highest BCUT2D eigenvalue weighted by Gasteiger charge is 2.16. The topological polar surface area (TPSA) is 77.5 Å². The van der Waals surface area contributed by atoms with Gasteiger partial charge >= 0.3 is 0 Å².